The molecular weight excluding hydrogens is 264 g/mol. The van der Waals surface area contributed by atoms with Gasteiger partial charge in [0.15, 0.2) is 5.82 Å². The third-order valence-corrected chi connectivity index (χ3v) is 4.22. The van der Waals surface area contributed by atoms with Crippen molar-refractivity contribution in [3.8, 4) is 17.4 Å². The van der Waals surface area contributed by atoms with Crippen LogP contribution in [0.15, 0.2) is 24.3 Å². The molecule has 0 N–H and O–H groups in total. The molecule has 1 aliphatic rings. The number of hydrogen-bond acceptors (Lipinski definition) is 4. The van der Waals surface area contributed by atoms with Crippen LogP contribution in [0.25, 0.3) is 11.4 Å². The molecule has 112 valence electrons. The average Bonchev–Trinajstić information content (AvgIpc) is 3.16. The lowest BCUT2D eigenvalue weighted by atomic mass is 10.0. The average molecular weight is 286 g/mol. The molecule has 1 aromatic heterocycles. The number of nitrogens with zero attached hydrogens (tertiary/aromatic N) is 4. The Morgan fingerprint density at radius 2 is 2.00 bits per heavy atom. The van der Waals surface area contributed by atoms with Crippen LogP contribution in [-0.4, -0.2) is 39.9 Å². The Hall–Kier alpha value is -1.88. The lowest BCUT2D eigenvalue weighted by molar-refractivity contribution is 0.263. The van der Waals surface area contributed by atoms with Gasteiger partial charge in [-0.3, -0.25) is 4.90 Å². The Kier molecular flexibility index (Phi) is 3.92. The molecule has 0 saturated carbocycles. The molecule has 5 heteroatoms. The van der Waals surface area contributed by atoms with Gasteiger partial charge in [0.05, 0.1) is 7.11 Å². The summed E-state index contributed by atoms with van der Waals surface area (Å²) in [6.45, 7) is 4.67. The van der Waals surface area contributed by atoms with Crippen LogP contribution < -0.4 is 4.74 Å². The standard InChI is InChI=1S/C16H22N4O/c1-12(20-9-4-5-10-20)13-7-6-8-14(11-13)15-17-16(21-3)19(2)18-15/h6-8,11-12H,4-5,9-10H2,1-3H3. The Balaban J connectivity index is 1.88. The zero-order chi connectivity index (χ0) is 14.8. The largest absolute Gasteiger partial charge is 0.467 e. The van der Waals surface area contributed by atoms with Crippen LogP contribution in [0.1, 0.15) is 31.4 Å². The van der Waals surface area contributed by atoms with Crippen molar-refractivity contribution >= 4 is 0 Å². The van der Waals surface area contributed by atoms with E-state index >= 15 is 0 Å². The second kappa shape index (κ2) is 5.85. The highest BCUT2D eigenvalue weighted by molar-refractivity contribution is 5.56. The lowest BCUT2D eigenvalue weighted by Crippen LogP contribution is -2.23. The minimum atomic E-state index is 0.443. The number of aromatic nitrogens is 3. The van der Waals surface area contributed by atoms with Crippen molar-refractivity contribution in [2.45, 2.75) is 25.8 Å². The predicted octanol–water partition coefficient (Wildman–Crippen LogP) is 2.65. The highest BCUT2D eigenvalue weighted by Crippen LogP contribution is 2.27. The predicted molar refractivity (Wildman–Crippen MR) is 82.2 cm³/mol. The van der Waals surface area contributed by atoms with E-state index in [1.807, 2.05) is 7.05 Å². The Bertz CT molecular complexity index is 616. The van der Waals surface area contributed by atoms with E-state index in [1.54, 1.807) is 11.8 Å². The summed E-state index contributed by atoms with van der Waals surface area (Å²) in [5.41, 5.74) is 2.36. The highest BCUT2D eigenvalue weighted by Gasteiger charge is 2.20. The van der Waals surface area contributed by atoms with Crippen LogP contribution in [0.5, 0.6) is 6.01 Å². The SMILES string of the molecule is COc1nc(-c2cccc(C(C)N3CCCC3)c2)nn1C. The van der Waals surface area contributed by atoms with E-state index < -0.39 is 0 Å². The summed E-state index contributed by atoms with van der Waals surface area (Å²) in [7, 11) is 3.45. The first-order chi connectivity index (χ1) is 10.2. The molecule has 0 radical (unpaired) electrons. The summed E-state index contributed by atoms with van der Waals surface area (Å²) >= 11 is 0. The minimum Gasteiger partial charge on any atom is -0.467 e. The van der Waals surface area contributed by atoms with Gasteiger partial charge in [-0.1, -0.05) is 18.2 Å². The normalized spacial score (nSPS) is 17.1. The van der Waals surface area contributed by atoms with Crippen LogP contribution in [0.2, 0.25) is 0 Å². The van der Waals surface area contributed by atoms with Gasteiger partial charge in [0, 0.05) is 18.7 Å². The van der Waals surface area contributed by atoms with Gasteiger partial charge in [0.1, 0.15) is 0 Å². The van der Waals surface area contributed by atoms with Gasteiger partial charge >= 0.3 is 6.01 Å². The number of aryl methyl sites for hydroxylation is 1. The topological polar surface area (TPSA) is 43.2 Å². The van der Waals surface area contributed by atoms with E-state index in [1.165, 1.54) is 31.5 Å². The summed E-state index contributed by atoms with van der Waals surface area (Å²) in [4.78, 5) is 6.95. The first-order valence-corrected chi connectivity index (χ1v) is 7.48. The first-order valence-electron chi connectivity index (χ1n) is 7.48. The first kappa shape index (κ1) is 14.1. The van der Waals surface area contributed by atoms with E-state index in [9.17, 15) is 0 Å². The van der Waals surface area contributed by atoms with Crippen molar-refractivity contribution in [2.75, 3.05) is 20.2 Å². The molecule has 0 aliphatic carbocycles. The quantitative estimate of drug-likeness (QED) is 0.866. The van der Waals surface area contributed by atoms with E-state index in [2.05, 4.69) is 46.2 Å². The van der Waals surface area contributed by atoms with E-state index in [-0.39, 0.29) is 0 Å². The summed E-state index contributed by atoms with van der Waals surface area (Å²) in [5, 5.41) is 4.42. The third kappa shape index (κ3) is 2.78. The monoisotopic (exact) mass is 286 g/mol. The van der Waals surface area contributed by atoms with Gasteiger partial charge in [0.2, 0.25) is 0 Å². The van der Waals surface area contributed by atoms with Crippen LogP contribution in [0.3, 0.4) is 0 Å². The summed E-state index contributed by atoms with van der Waals surface area (Å²) < 4.78 is 6.85. The van der Waals surface area contributed by atoms with Crippen molar-refractivity contribution < 1.29 is 4.74 Å². The van der Waals surface area contributed by atoms with Crippen molar-refractivity contribution in [1.29, 1.82) is 0 Å². The summed E-state index contributed by atoms with van der Waals surface area (Å²) in [6, 6.07) is 9.49. The van der Waals surface area contributed by atoms with E-state index in [4.69, 9.17) is 4.74 Å². The summed E-state index contributed by atoms with van der Waals surface area (Å²) in [5.74, 6) is 0.713. The molecule has 0 amide bonds. The molecule has 1 aromatic carbocycles. The molecule has 1 aliphatic heterocycles. The number of likely N-dealkylation sites (tertiary alicyclic amines) is 1. The fourth-order valence-corrected chi connectivity index (χ4v) is 2.95. The second-order valence-electron chi connectivity index (χ2n) is 5.59. The molecule has 2 aromatic rings. The molecule has 1 fully saturated rings. The van der Waals surface area contributed by atoms with Crippen molar-refractivity contribution in [3.63, 3.8) is 0 Å². The zero-order valence-electron chi connectivity index (χ0n) is 12.9. The molecule has 0 spiro atoms. The van der Waals surface area contributed by atoms with Crippen LogP contribution in [-0.2, 0) is 7.05 Å². The van der Waals surface area contributed by atoms with E-state index in [0.29, 0.717) is 17.9 Å². The number of benzene rings is 1. The molecule has 21 heavy (non-hydrogen) atoms. The molecule has 1 saturated heterocycles. The maximum absolute atomic E-state index is 5.19. The van der Waals surface area contributed by atoms with Crippen LogP contribution in [0, 0.1) is 0 Å². The number of hydrogen-bond donors (Lipinski definition) is 0. The van der Waals surface area contributed by atoms with Gasteiger partial charge in [-0.25, -0.2) is 4.68 Å². The van der Waals surface area contributed by atoms with Gasteiger partial charge in [-0.15, -0.1) is 5.10 Å². The van der Waals surface area contributed by atoms with Gasteiger partial charge < -0.3 is 4.74 Å². The third-order valence-electron chi connectivity index (χ3n) is 4.22. The van der Waals surface area contributed by atoms with E-state index in [0.717, 1.165) is 5.56 Å². The van der Waals surface area contributed by atoms with Crippen molar-refractivity contribution in [2.24, 2.45) is 7.05 Å². The molecule has 1 atom stereocenters. The highest BCUT2D eigenvalue weighted by atomic mass is 16.5. The molecule has 2 heterocycles. The van der Waals surface area contributed by atoms with Crippen LogP contribution in [0.4, 0.5) is 0 Å². The Morgan fingerprint density at radius 1 is 1.24 bits per heavy atom. The maximum atomic E-state index is 5.19. The zero-order valence-corrected chi connectivity index (χ0v) is 12.9. The smallest absolute Gasteiger partial charge is 0.314 e. The number of ether oxygens (including phenoxy) is 1. The molecular formula is C16H22N4O. The number of rotatable bonds is 4. The van der Waals surface area contributed by atoms with Crippen LogP contribution >= 0.6 is 0 Å². The Labute approximate surface area is 125 Å². The number of methoxy groups -OCH3 is 1. The Morgan fingerprint density at radius 3 is 2.67 bits per heavy atom. The molecule has 5 nitrogen and oxygen atoms in total. The fraction of sp³-hybridized carbons (Fsp3) is 0.500. The van der Waals surface area contributed by atoms with Crippen molar-refractivity contribution in [3.05, 3.63) is 29.8 Å². The van der Waals surface area contributed by atoms with Crippen molar-refractivity contribution in [1.82, 2.24) is 19.7 Å². The summed E-state index contributed by atoms with van der Waals surface area (Å²) in [6.07, 6.45) is 2.62. The molecule has 0 bridgehead atoms. The van der Waals surface area contributed by atoms with Gasteiger partial charge in [-0.05, 0) is 44.5 Å². The second-order valence-corrected chi connectivity index (χ2v) is 5.59. The molecule has 1 unspecified atom stereocenters. The maximum Gasteiger partial charge on any atom is 0.314 e. The fourth-order valence-electron chi connectivity index (χ4n) is 2.95. The minimum absolute atomic E-state index is 0.443. The van der Waals surface area contributed by atoms with Gasteiger partial charge in [0.25, 0.3) is 0 Å². The lowest BCUT2D eigenvalue weighted by Gasteiger charge is -2.24. The molecule has 3 rings (SSSR count). The van der Waals surface area contributed by atoms with Gasteiger partial charge in [-0.2, -0.15) is 4.98 Å².